The lowest BCUT2D eigenvalue weighted by molar-refractivity contribution is -0.142. The van der Waals surface area contributed by atoms with Gasteiger partial charge in [0.1, 0.15) is 6.61 Å². The Hall–Kier alpha value is -3.55. The molecule has 0 unspecified atom stereocenters. The Labute approximate surface area is 167 Å². The number of carbonyl (C=O) groups is 2. The van der Waals surface area contributed by atoms with Crippen molar-refractivity contribution in [1.82, 2.24) is 20.0 Å². The Morgan fingerprint density at radius 3 is 2.45 bits per heavy atom. The zero-order valence-corrected chi connectivity index (χ0v) is 15.7. The number of fused-ring (bicyclic) bond motifs is 2. The maximum atomic E-state index is 12.9. The lowest BCUT2D eigenvalue weighted by Gasteiger charge is -2.37. The Balaban J connectivity index is 1.22. The van der Waals surface area contributed by atoms with E-state index >= 15 is 0 Å². The molecule has 2 aromatic carbocycles. The van der Waals surface area contributed by atoms with Crippen LogP contribution < -0.4 is 9.47 Å². The van der Waals surface area contributed by atoms with Crippen molar-refractivity contribution in [3.63, 3.8) is 0 Å². The molecule has 0 spiro atoms. The molecule has 8 nitrogen and oxygen atoms in total. The van der Waals surface area contributed by atoms with Gasteiger partial charge in [0.25, 0.3) is 11.8 Å². The summed E-state index contributed by atoms with van der Waals surface area (Å²) in [5.74, 6) is 0.993. The molecule has 0 bridgehead atoms. The average molecular weight is 392 g/mol. The SMILES string of the molecule is O=C(c1n[nH]c2ccccc12)N1CCN(C(=O)[C@@H]2COc3ccccc3O2)CC1. The van der Waals surface area contributed by atoms with Gasteiger partial charge in [-0.1, -0.05) is 30.3 Å². The number of nitrogens with zero attached hydrogens (tertiary/aromatic N) is 3. The number of aromatic nitrogens is 2. The van der Waals surface area contributed by atoms with Crippen LogP contribution in [0.1, 0.15) is 10.5 Å². The molecule has 148 valence electrons. The van der Waals surface area contributed by atoms with Gasteiger partial charge in [-0.3, -0.25) is 14.7 Å². The van der Waals surface area contributed by atoms with Crippen LogP contribution in [0.3, 0.4) is 0 Å². The van der Waals surface area contributed by atoms with Crippen LogP contribution in [0.15, 0.2) is 48.5 Å². The smallest absolute Gasteiger partial charge is 0.275 e. The molecule has 2 amide bonds. The number of hydrogen-bond acceptors (Lipinski definition) is 5. The lowest BCUT2D eigenvalue weighted by atomic mass is 10.1. The van der Waals surface area contributed by atoms with Crippen molar-refractivity contribution in [2.24, 2.45) is 0 Å². The summed E-state index contributed by atoms with van der Waals surface area (Å²) in [5, 5.41) is 7.89. The van der Waals surface area contributed by atoms with Crippen molar-refractivity contribution in [2.45, 2.75) is 6.10 Å². The van der Waals surface area contributed by atoms with Gasteiger partial charge >= 0.3 is 0 Å². The van der Waals surface area contributed by atoms with E-state index in [2.05, 4.69) is 10.2 Å². The molecule has 2 aliphatic heterocycles. The number of aromatic amines is 1. The predicted molar refractivity (Wildman–Crippen MR) is 105 cm³/mol. The molecule has 0 saturated carbocycles. The fraction of sp³-hybridized carbons (Fsp3) is 0.286. The lowest BCUT2D eigenvalue weighted by Crippen LogP contribution is -2.55. The number of nitrogens with one attached hydrogen (secondary N) is 1. The molecule has 1 N–H and O–H groups in total. The molecule has 1 fully saturated rings. The monoisotopic (exact) mass is 392 g/mol. The van der Waals surface area contributed by atoms with E-state index in [9.17, 15) is 9.59 Å². The highest BCUT2D eigenvalue weighted by molar-refractivity contribution is 6.04. The number of piperazine rings is 1. The molecule has 1 aromatic heterocycles. The largest absolute Gasteiger partial charge is 0.485 e. The quantitative estimate of drug-likeness (QED) is 0.717. The summed E-state index contributed by atoms with van der Waals surface area (Å²) >= 11 is 0. The summed E-state index contributed by atoms with van der Waals surface area (Å²) in [7, 11) is 0. The minimum absolute atomic E-state index is 0.114. The topological polar surface area (TPSA) is 87.8 Å². The van der Waals surface area contributed by atoms with Crippen molar-refractivity contribution in [2.75, 3.05) is 32.8 Å². The highest BCUT2D eigenvalue weighted by Crippen LogP contribution is 2.31. The van der Waals surface area contributed by atoms with Crippen LogP contribution >= 0.6 is 0 Å². The zero-order chi connectivity index (χ0) is 19.8. The molecule has 0 radical (unpaired) electrons. The Morgan fingerprint density at radius 2 is 1.62 bits per heavy atom. The van der Waals surface area contributed by atoms with E-state index in [4.69, 9.17) is 9.47 Å². The van der Waals surface area contributed by atoms with E-state index in [1.807, 2.05) is 42.5 Å². The van der Waals surface area contributed by atoms with Crippen LogP contribution in [0.25, 0.3) is 10.9 Å². The fourth-order valence-corrected chi connectivity index (χ4v) is 3.75. The Bertz CT molecular complexity index is 1070. The second-order valence-electron chi connectivity index (χ2n) is 7.10. The molecule has 1 saturated heterocycles. The molecule has 2 aliphatic rings. The van der Waals surface area contributed by atoms with Gasteiger partial charge in [0, 0.05) is 31.6 Å². The number of ether oxygens (including phenoxy) is 2. The molecule has 5 rings (SSSR count). The van der Waals surface area contributed by atoms with Crippen LogP contribution in [0.4, 0.5) is 0 Å². The third kappa shape index (κ3) is 3.16. The predicted octanol–water partition coefficient (Wildman–Crippen LogP) is 1.69. The standard InChI is InChI=1S/C21H20N4O4/c26-20(18-13-28-16-7-3-4-8-17(16)29-18)24-9-11-25(12-10-24)21(27)19-14-5-1-2-6-15(14)22-23-19/h1-8,18H,9-13H2,(H,22,23)/t18-/m0/s1. The second kappa shape index (κ2) is 7.12. The van der Waals surface area contributed by atoms with Gasteiger partial charge in [0.15, 0.2) is 17.2 Å². The van der Waals surface area contributed by atoms with E-state index in [1.54, 1.807) is 15.9 Å². The fourth-order valence-electron chi connectivity index (χ4n) is 3.75. The Morgan fingerprint density at radius 1 is 0.931 bits per heavy atom. The third-order valence-electron chi connectivity index (χ3n) is 5.34. The summed E-state index contributed by atoms with van der Waals surface area (Å²) in [6.45, 7) is 2.00. The number of para-hydroxylation sites is 3. The summed E-state index contributed by atoms with van der Waals surface area (Å²) in [4.78, 5) is 29.2. The van der Waals surface area contributed by atoms with E-state index in [0.717, 1.165) is 10.9 Å². The highest BCUT2D eigenvalue weighted by atomic mass is 16.6. The van der Waals surface area contributed by atoms with E-state index < -0.39 is 6.10 Å². The van der Waals surface area contributed by atoms with Gasteiger partial charge in [-0.25, -0.2) is 0 Å². The normalized spacial score (nSPS) is 18.7. The van der Waals surface area contributed by atoms with Gasteiger partial charge in [-0.2, -0.15) is 5.10 Å². The number of amides is 2. The van der Waals surface area contributed by atoms with Crippen molar-refractivity contribution in [3.8, 4) is 11.5 Å². The molecule has 8 heteroatoms. The summed E-state index contributed by atoms with van der Waals surface area (Å²) < 4.78 is 11.5. The minimum Gasteiger partial charge on any atom is -0.485 e. The van der Waals surface area contributed by atoms with Crippen molar-refractivity contribution < 1.29 is 19.1 Å². The molecule has 0 aliphatic carbocycles. The van der Waals surface area contributed by atoms with Gasteiger partial charge in [-0.15, -0.1) is 0 Å². The van der Waals surface area contributed by atoms with Gasteiger partial charge < -0.3 is 19.3 Å². The number of hydrogen-bond donors (Lipinski definition) is 1. The highest BCUT2D eigenvalue weighted by Gasteiger charge is 2.34. The van der Waals surface area contributed by atoms with E-state index in [-0.39, 0.29) is 18.4 Å². The summed E-state index contributed by atoms with van der Waals surface area (Å²) in [5.41, 5.74) is 1.25. The molecule has 3 aromatic rings. The first-order chi connectivity index (χ1) is 14.2. The maximum Gasteiger partial charge on any atom is 0.275 e. The van der Waals surface area contributed by atoms with Crippen LogP contribution in [0, 0.1) is 0 Å². The first kappa shape index (κ1) is 17.5. The molecular formula is C21H20N4O4. The number of rotatable bonds is 2. The van der Waals surface area contributed by atoms with Gasteiger partial charge in [0.2, 0.25) is 6.10 Å². The molecule has 29 heavy (non-hydrogen) atoms. The van der Waals surface area contributed by atoms with Crippen molar-refractivity contribution in [3.05, 3.63) is 54.2 Å². The second-order valence-corrected chi connectivity index (χ2v) is 7.10. The third-order valence-corrected chi connectivity index (χ3v) is 5.34. The summed E-state index contributed by atoms with van der Waals surface area (Å²) in [6.07, 6.45) is -0.664. The van der Waals surface area contributed by atoms with Crippen LogP contribution in [-0.4, -0.2) is 70.7 Å². The first-order valence-electron chi connectivity index (χ1n) is 9.60. The first-order valence-corrected chi connectivity index (χ1v) is 9.60. The average Bonchev–Trinajstić information content (AvgIpc) is 3.22. The zero-order valence-electron chi connectivity index (χ0n) is 15.7. The van der Waals surface area contributed by atoms with E-state index in [1.165, 1.54) is 0 Å². The molecule has 1 atom stereocenters. The van der Waals surface area contributed by atoms with Crippen molar-refractivity contribution >= 4 is 22.7 Å². The Kier molecular flexibility index (Phi) is 4.31. The van der Waals surface area contributed by atoms with Gasteiger partial charge in [-0.05, 0) is 18.2 Å². The van der Waals surface area contributed by atoms with Crippen LogP contribution in [0.2, 0.25) is 0 Å². The molecule has 3 heterocycles. The van der Waals surface area contributed by atoms with E-state index in [0.29, 0.717) is 43.4 Å². The number of H-pyrrole nitrogens is 1. The number of carbonyl (C=O) groups excluding carboxylic acids is 2. The van der Waals surface area contributed by atoms with Crippen LogP contribution in [0.5, 0.6) is 11.5 Å². The summed E-state index contributed by atoms with van der Waals surface area (Å²) in [6, 6.07) is 14.9. The van der Waals surface area contributed by atoms with Gasteiger partial charge in [0.05, 0.1) is 5.52 Å². The minimum atomic E-state index is -0.664. The molecular weight excluding hydrogens is 372 g/mol. The number of benzene rings is 2. The van der Waals surface area contributed by atoms with Crippen molar-refractivity contribution in [1.29, 1.82) is 0 Å². The maximum absolute atomic E-state index is 12.9. The van der Waals surface area contributed by atoms with Crippen LogP contribution in [-0.2, 0) is 4.79 Å².